The van der Waals surface area contributed by atoms with Crippen molar-refractivity contribution in [2.45, 2.75) is 124 Å². The van der Waals surface area contributed by atoms with Crippen molar-refractivity contribution in [2.24, 2.45) is 5.73 Å². The minimum atomic E-state index is -1.09. The average molecular weight is 561 g/mol. The van der Waals surface area contributed by atoms with E-state index in [1.165, 1.54) is 0 Å². The largest absolute Gasteiger partial charge is 0.444 e. The molecule has 0 saturated carbocycles. The first kappa shape index (κ1) is 34.9. The topological polar surface area (TPSA) is 131 Å². The van der Waals surface area contributed by atoms with Gasteiger partial charge in [0.2, 0.25) is 17.7 Å². The number of rotatable bonds is 17. The maximum Gasteiger partial charge on any atom is 0.408 e. The molecule has 4 N–H and O–H groups in total. The molecule has 0 radical (unpaired) electrons. The second-order valence-corrected chi connectivity index (χ2v) is 11.5. The number of alkyl carbamates (subject to hydrolysis) is 1. The lowest BCUT2D eigenvalue weighted by Gasteiger charge is -2.35. The minimum absolute atomic E-state index is 0.00334. The Hall–Kier alpha value is -3.10. The number of aryl methyl sites for hydroxylation is 2. The van der Waals surface area contributed by atoms with Crippen molar-refractivity contribution in [1.29, 1.82) is 0 Å². The summed E-state index contributed by atoms with van der Waals surface area (Å²) in [5, 5.41) is 5.67. The summed E-state index contributed by atoms with van der Waals surface area (Å²) in [6.07, 6.45) is 5.59. The summed E-state index contributed by atoms with van der Waals surface area (Å²) in [4.78, 5) is 53.8. The average Bonchev–Trinajstić information content (AvgIpc) is 2.86. The molecule has 0 aliphatic heterocycles. The van der Waals surface area contributed by atoms with Gasteiger partial charge in [0.05, 0.1) is 0 Å². The lowest BCUT2D eigenvalue weighted by molar-refractivity contribution is -0.142. The third-order valence-electron chi connectivity index (χ3n) is 6.69. The van der Waals surface area contributed by atoms with Crippen molar-refractivity contribution in [3.8, 4) is 0 Å². The number of nitrogens with one attached hydrogen (secondary N) is 2. The van der Waals surface area contributed by atoms with Crippen molar-refractivity contribution < 1.29 is 23.9 Å². The Morgan fingerprint density at radius 1 is 0.950 bits per heavy atom. The predicted octanol–water partition coefficient (Wildman–Crippen LogP) is 5.22. The molecule has 1 rings (SSSR count). The number of carbonyl (C=O) groups excluding carboxylic acids is 4. The molecule has 0 fully saturated rings. The highest BCUT2D eigenvalue weighted by Crippen LogP contribution is 2.26. The van der Waals surface area contributed by atoms with Crippen LogP contribution in [0.1, 0.15) is 115 Å². The second-order valence-electron chi connectivity index (χ2n) is 11.5. The fourth-order valence-corrected chi connectivity index (χ4v) is 4.36. The monoisotopic (exact) mass is 560 g/mol. The summed E-state index contributed by atoms with van der Waals surface area (Å²) < 4.78 is 5.40. The first-order valence-corrected chi connectivity index (χ1v) is 14.7. The minimum Gasteiger partial charge on any atom is -0.444 e. The van der Waals surface area contributed by atoms with Crippen LogP contribution in [0.4, 0.5) is 4.79 Å². The molecule has 1 aromatic rings. The standard InChI is InChI=1S/C31H52N4O5/c1-8-10-12-14-20-35(29(38)25(17-18-26(32)36)34-30(39)40-31(5,6)7)27(28(37)33-19-13-11-9-2)24-16-15-22(3)23(4)21-24/h15-16,21,25,27H,8-14,17-20H2,1-7H3,(H2,32,36)(H,33,37)(H,34,39). The third kappa shape index (κ3) is 12.8. The van der Waals surface area contributed by atoms with E-state index in [-0.39, 0.29) is 18.7 Å². The first-order valence-electron chi connectivity index (χ1n) is 14.7. The van der Waals surface area contributed by atoms with Gasteiger partial charge in [0.15, 0.2) is 0 Å². The summed E-state index contributed by atoms with van der Waals surface area (Å²) in [5.74, 6) is -1.30. The van der Waals surface area contributed by atoms with Crippen molar-refractivity contribution in [3.05, 3.63) is 34.9 Å². The lowest BCUT2D eigenvalue weighted by atomic mass is 9.97. The van der Waals surface area contributed by atoms with Gasteiger partial charge in [0.1, 0.15) is 17.7 Å². The maximum atomic E-state index is 14.2. The Morgan fingerprint density at radius 2 is 1.60 bits per heavy atom. The second kappa shape index (κ2) is 17.6. The van der Waals surface area contributed by atoms with Crippen LogP contribution >= 0.6 is 0 Å². The van der Waals surface area contributed by atoms with Gasteiger partial charge in [0, 0.05) is 19.5 Å². The van der Waals surface area contributed by atoms with Crippen LogP contribution in [0.15, 0.2) is 18.2 Å². The molecule has 1 aromatic carbocycles. The number of benzene rings is 1. The van der Waals surface area contributed by atoms with E-state index in [0.717, 1.165) is 49.7 Å². The van der Waals surface area contributed by atoms with Crippen LogP contribution in [0.5, 0.6) is 0 Å². The summed E-state index contributed by atoms with van der Waals surface area (Å²) in [5.41, 5.74) is 7.42. The van der Waals surface area contributed by atoms with Crippen LogP contribution in [-0.2, 0) is 19.1 Å². The molecule has 226 valence electrons. The zero-order valence-electron chi connectivity index (χ0n) is 25.7. The molecule has 0 aromatic heterocycles. The number of unbranched alkanes of at least 4 members (excludes halogenated alkanes) is 5. The Morgan fingerprint density at radius 3 is 2.17 bits per heavy atom. The van der Waals surface area contributed by atoms with Gasteiger partial charge in [-0.05, 0) is 70.6 Å². The van der Waals surface area contributed by atoms with E-state index in [1.807, 2.05) is 32.0 Å². The quantitative estimate of drug-likeness (QED) is 0.225. The van der Waals surface area contributed by atoms with Crippen LogP contribution in [0, 0.1) is 13.8 Å². The number of hydrogen-bond donors (Lipinski definition) is 3. The summed E-state index contributed by atoms with van der Waals surface area (Å²) in [6, 6.07) is 3.79. The van der Waals surface area contributed by atoms with Crippen molar-refractivity contribution in [1.82, 2.24) is 15.5 Å². The predicted molar refractivity (Wildman–Crippen MR) is 159 cm³/mol. The molecule has 40 heavy (non-hydrogen) atoms. The van der Waals surface area contributed by atoms with E-state index in [2.05, 4.69) is 24.5 Å². The molecule has 9 heteroatoms. The van der Waals surface area contributed by atoms with Crippen molar-refractivity contribution >= 4 is 23.8 Å². The van der Waals surface area contributed by atoms with E-state index < -0.39 is 35.6 Å². The molecule has 2 atom stereocenters. The number of nitrogens with zero attached hydrogens (tertiary/aromatic N) is 1. The Kier molecular flexibility index (Phi) is 15.3. The molecule has 9 nitrogen and oxygen atoms in total. The molecule has 0 heterocycles. The van der Waals surface area contributed by atoms with Crippen LogP contribution in [0.25, 0.3) is 0 Å². The zero-order valence-corrected chi connectivity index (χ0v) is 25.7. The summed E-state index contributed by atoms with van der Waals surface area (Å²) >= 11 is 0. The van der Waals surface area contributed by atoms with Crippen molar-refractivity contribution in [3.63, 3.8) is 0 Å². The smallest absolute Gasteiger partial charge is 0.408 e. The maximum absolute atomic E-state index is 14.2. The van der Waals surface area contributed by atoms with E-state index >= 15 is 0 Å². The number of nitrogens with two attached hydrogens (primary N) is 1. The fourth-order valence-electron chi connectivity index (χ4n) is 4.36. The van der Waals surface area contributed by atoms with Gasteiger partial charge in [0.25, 0.3) is 0 Å². The van der Waals surface area contributed by atoms with Gasteiger partial charge in [-0.15, -0.1) is 0 Å². The molecule has 4 amide bonds. The van der Waals surface area contributed by atoms with Crippen LogP contribution in [0.2, 0.25) is 0 Å². The van der Waals surface area contributed by atoms with E-state index in [0.29, 0.717) is 25.1 Å². The Balaban J connectivity index is 3.50. The van der Waals surface area contributed by atoms with Crippen LogP contribution < -0.4 is 16.4 Å². The Labute approximate surface area is 241 Å². The summed E-state index contributed by atoms with van der Waals surface area (Å²) in [6.45, 7) is 14.2. The van der Waals surface area contributed by atoms with Gasteiger partial charge in [-0.25, -0.2) is 4.79 Å². The highest BCUT2D eigenvalue weighted by molar-refractivity contribution is 5.92. The third-order valence-corrected chi connectivity index (χ3v) is 6.69. The summed E-state index contributed by atoms with van der Waals surface area (Å²) in [7, 11) is 0. The molecular weight excluding hydrogens is 508 g/mol. The molecule has 0 spiro atoms. The van der Waals surface area contributed by atoms with Gasteiger partial charge in [-0.1, -0.05) is 64.2 Å². The molecule has 2 unspecified atom stereocenters. The van der Waals surface area contributed by atoms with E-state index in [1.54, 1.807) is 25.7 Å². The first-order chi connectivity index (χ1) is 18.8. The highest BCUT2D eigenvalue weighted by atomic mass is 16.6. The Bertz CT molecular complexity index is 973. The van der Waals surface area contributed by atoms with Crippen molar-refractivity contribution in [2.75, 3.05) is 13.1 Å². The lowest BCUT2D eigenvalue weighted by Crippen LogP contribution is -2.53. The number of hydrogen-bond acceptors (Lipinski definition) is 5. The number of primary amides is 1. The number of ether oxygens (including phenoxy) is 1. The van der Waals surface area contributed by atoms with E-state index in [9.17, 15) is 19.2 Å². The molecule has 0 aliphatic rings. The number of carbonyl (C=O) groups is 4. The number of amides is 4. The van der Waals surface area contributed by atoms with Crippen LogP contribution in [0.3, 0.4) is 0 Å². The van der Waals surface area contributed by atoms with Gasteiger partial charge in [-0.3, -0.25) is 14.4 Å². The van der Waals surface area contributed by atoms with E-state index in [4.69, 9.17) is 10.5 Å². The van der Waals surface area contributed by atoms with Gasteiger partial charge >= 0.3 is 6.09 Å². The highest BCUT2D eigenvalue weighted by Gasteiger charge is 2.36. The molecule has 0 bridgehead atoms. The molecule has 0 aliphatic carbocycles. The van der Waals surface area contributed by atoms with Gasteiger partial charge in [-0.2, -0.15) is 0 Å². The SMILES string of the molecule is CCCCCCN(C(=O)C(CCC(N)=O)NC(=O)OC(C)(C)C)C(C(=O)NCCCCC)c1ccc(C)c(C)c1. The van der Waals surface area contributed by atoms with Crippen LogP contribution in [-0.4, -0.2) is 53.4 Å². The van der Waals surface area contributed by atoms with Gasteiger partial charge < -0.3 is 26.0 Å². The normalized spacial score (nSPS) is 12.8. The fraction of sp³-hybridized carbons (Fsp3) is 0.677. The zero-order chi connectivity index (χ0) is 30.3. The molecular formula is C31H52N4O5. The molecule has 0 saturated heterocycles.